The molecule has 0 radical (unpaired) electrons. The van der Waals surface area contributed by atoms with Gasteiger partial charge in [-0.15, -0.1) is 0 Å². The second-order valence-electron chi connectivity index (χ2n) is 0. The zero-order valence-electron chi connectivity index (χ0n) is 4.02. The summed E-state index contributed by atoms with van der Waals surface area (Å²) in [5, 5.41) is 0. The third-order valence-electron chi connectivity index (χ3n) is 0. The van der Waals surface area contributed by atoms with E-state index in [4.69, 9.17) is 3.40 Å². The molecule has 0 unspecified atom stereocenters. The predicted octanol–water partition coefficient (Wildman–Crippen LogP) is -0.280. The maximum Gasteiger partial charge on any atom is 2.00 e. The smallest absolute Gasteiger partial charge is 0 e. The van der Waals surface area contributed by atoms with Crippen LogP contribution in [-0.4, -0.2) is 45.5 Å². The van der Waals surface area contributed by atoms with Crippen LogP contribution in [0.25, 0.3) is 0 Å². The molecule has 0 heterocycles. The van der Waals surface area contributed by atoms with E-state index in [1.54, 1.807) is 0 Å². The average Bonchev–Trinajstić information content (AvgIpc) is 1.00. The second kappa shape index (κ2) is 17.3. The monoisotopic (exact) mass is 338 g/mol. The Morgan fingerprint density at radius 2 is 1.50 bits per heavy atom. The summed E-state index contributed by atoms with van der Waals surface area (Å²) < 4.78 is 8.33. The summed E-state index contributed by atoms with van der Waals surface area (Å²) in [5.41, 5.74) is 0. The quantitative estimate of drug-likeness (QED) is 0.556. The minimum atomic E-state index is 0. The van der Waals surface area contributed by atoms with E-state index in [-0.39, 0.29) is 70.1 Å². The van der Waals surface area contributed by atoms with Crippen LogP contribution in [0.1, 0.15) is 2.85 Å². The normalized spacial score (nSPS) is 1.00. The van der Waals surface area contributed by atoms with Crippen molar-refractivity contribution in [3.8, 4) is 0 Å². The van der Waals surface area contributed by atoms with Crippen molar-refractivity contribution in [1.82, 2.24) is 0 Å². The molecule has 4 heavy (non-hydrogen) atoms. The van der Waals surface area contributed by atoms with E-state index in [1.807, 2.05) is 0 Å². The van der Waals surface area contributed by atoms with E-state index in [0.29, 0.717) is 19.8 Å². The second-order valence-corrected chi connectivity index (χ2v) is 0. The van der Waals surface area contributed by atoms with Gasteiger partial charge in [0.05, 0.1) is 0 Å². The molecule has 1 nitrogen and oxygen atoms in total. The summed E-state index contributed by atoms with van der Waals surface area (Å²) in [4.78, 5) is 0. The molecule has 0 aliphatic carbocycles. The Balaban J connectivity index is -0.000000000833. The first kappa shape index (κ1) is 15.9. The van der Waals surface area contributed by atoms with Gasteiger partial charge in [0.2, 0.25) is 0 Å². The maximum absolute atomic E-state index is 8.33. The molecule has 0 atom stereocenters. The van der Waals surface area contributed by atoms with Crippen LogP contribution in [0, 0.1) is 0 Å². The van der Waals surface area contributed by atoms with E-state index in [9.17, 15) is 0 Å². The van der Waals surface area contributed by atoms with Gasteiger partial charge in [-0.1, -0.05) is 0 Å². The van der Waals surface area contributed by atoms with Crippen LogP contribution in [0.4, 0.5) is 0 Å². The summed E-state index contributed by atoms with van der Waals surface area (Å²) >= 11 is 0.333. The van der Waals surface area contributed by atoms with Gasteiger partial charge in [0.25, 0.3) is 0 Å². The van der Waals surface area contributed by atoms with Gasteiger partial charge in [-0.2, -0.15) is 0 Å². The van der Waals surface area contributed by atoms with Gasteiger partial charge in [0.15, 0.2) is 0 Å². The third kappa shape index (κ3) is 8.82. The molecule has 0 saturated carbocycles. The topological polar surface area (TPSA) is 17.1 Å². The van der Waals surface area contributed by atoms with Crippen molar-refractivity contribution in [2.45, 2.75) is 0 Å². The zero-order chi connectivity index (χ0) is 2.00. The van der Waals surface area contributed by atoms with Crippen molar-refractivity contribution in [2.24, 2.45) is 0 Å². The predicted molar refractivity (Wildman–Crippen MR) is 8.66 cm³/mol. The van der Waals surface area contributed by atoms with Crippen LogP contribution in [-0.2, 0) is 44.9 Å². The largest absolute Gasteiger partial charge is 2.00 e. The SMILES string of the molecule is [H-].[H-].[O]=[W].[Sr+2].[Ti]. The van der Waals surface area contributed by atoms with Gasteiger partial charge in [0, 0.05) is 21.7 Å². The van der Waals surface area contributed by atoms with Crippen molar-refractivity contribution in [2.75, 3.05) is 0 Å². The van der Waals surface area contributed by atoms with Gasteiger partial charge < -0.3 is 2.85 Å². The molecule has 0 saturated heterocycles. The van der Waals surface area contributed by atoms with Crippen molar-refractivity contribution >= 4 is 45.5 Å². The molecule has 0 bridgehead atoms. The van der Waals surface area contributed by atoms with E-state index in [0.717, 1.165) is 0 Å². The van der Waals surface area contributed by atoms with E-state index < -0.39 is 0 Å². The minimum absolute atomic E-state index is 0. The Morgan fingerprint density at radius 3 is 1.50 bits per heavy atom. The van der Waals surface area contributed by atoms with Crippen LogP contribution in [0.2, 0.25) is 0 Å². The van der Waals surface area contributed by atoms with Gasteiger partial charge in [-0.3, -0.25) is 0 Å². The Kier molecular flexibility index (Phi) is 68.9. The van der Waals surface area contributed by atoms with Gasteiger partial charge >= 0.3 is 68.7 Å². The minimum Gasteiger partial charge on any atom is 0 e. The first-order valence-corrected chi connectivity index (χ1v) is 1.36. The molecule has 4 heteroatoms. The molecule has 0 rings (SSSR count). The van der Waals surface area contributed by atoms with Crippen molar-refractivity contribution in [3.05, 3.63) is 0 Å². The Bertz CT molecular complexity index is 13.5. The third-order valence-corrected chi connectivity index (χ3v) is 0. The van der Waals surface area contributed by atoms with Crippen LogP contribution in [0.15, 0.2) is 0 Å². The van der Waals surface area contributed by atoms with Crippen molar-refractivity contribution in [3.63, 3.8) is 0 Å². The molecule has 0 aromatic carbocycles. The fourth-order valence-electron chi connectivity index (χ4n) is 0. The van der Waals surface area contributed by atoms with Gasteiger partial charge in [0.1, 0.15) is 0 Å². The van der Waals surface area contributed by atoms with Gasteiger partial charge in [-0.05, 0) is 0 Å². The maximum atomic E-state index is 8.33. The molecule has 0 aliphatic heterocycles. The van der Waals surface area contributed by atoms with E-state index >= 15 is 0 Å². The molecule has 0 spiro atoms. The molecule has 0 aliphatic rings. The standard InChI is InChI=1S/O.Sr.Ti.W.2H/q;+2;;;2*-1. The first-order valence-electron chi connectivity index (χ1n) is 0.167. The molecule has 0 aromatic heterocycles. The van der Waals surface area contributed by atoms with Crippen molar-refractivity contribution < 1.29 is 47.7 Å². The van der Waals surface area contributed by atoms with E-state index in [2.05, 4.69) is 0 Å². The summed E-state index contributed by atoms with van der Waals surface area (Å²) in [6.45, 7) is 0. The summed E-state index contributed by atoms with van der Waals surface area (Å²) in [7, 11) is 0. The van der Waals surface area contributed by atoms with Crippen LogP contribution in [0.3, 0.4) is 0 Å². The molecular formula is H2OSrTiW. The fourth-order valence-corrected chi connectivity index (χ4v) is 0. The molecule has 0 N–H and O–H groups in total. The molecule has 20 valence electrons. The molecule has 0 fully saturated rings. The summed E-state index contributed by atoms with van der Waals surface area (Å²) in [6, 6.07) is 0. The first-order chi connectivity index (χ1) is 1.00. The number of rotatable bonds is 0. The summed E-state index contributed by atoms with van der Waals surface area (Å²) in [6.07, 6.45) is 0. The van der Waals surface area contributed by atoms with Crippen LogP contribution in [0.5, 0.6) is 0 Å². The van der Waals surface area contributed by atoms with Crippen molar-refractivity contribution in [1.29, 1.82) is 0 Å². The Hall–Kier alpha value is 2.68. The zero-order valence-corrected chi connectivity index (χ0v) is 9.99. The Morgan fingerprint density at radius 1 is 1.50 bits per heavy atom. The average molecular weight is 337 g/mol. The molecular weight excluding hydrogens is 335 g/mol. The summed E-state index contributed by atoms with van der Waals surface area (Å²) in [5.74, 6) is 0. The van der Waals surface area contributed by atoms with Crippen LogP contribution >= 0.6 is 0 Å². The molecule has 0 aromatic rings. The fraction of sp³-hybridized carbons (Fsp3) is 0. The van der Waals surface area contributed by atoms with E-state index in [1.165, 1.54) is 0 Å². The molecule has 0 amide bonds. The Labute approximate surface area is 91.2 Å². The van der Waals surface area contributed by atoms with Crippen LogP contribution < -0.4 is 0 Å². The van der Waals surface area contributed by atoms with Gasteiger partial charge in [-0.25, -0.2) is 0 Å². The number of hydrogen-bond acceptors (Lipinski definition) is 1. The number of hydrogen-bond donors (Lipinski definition) is 0.